The molecule has 0 bridgehead atoms. The fourth-order valence-corrected chi connectivity index (χ4v) is 7.85. The summed E-state index contributed by atoms with van der Waals surface area (Å²) in [5, 5.41) is 0. The van der Waals surface area contributed by atoms with E-state index in [2.05, 4.69) is 4.18 Å². The van der Waals surface area contributed by atoms with E-state index < -0.39 is 34.9 Å². The molecule has 29 heavy (non-hydrogen) atoms. The molecule has 0 aromatic heterocycles. The van der Waals surface area contributed by atoms with Crippen molar-refractivity contribution in [2.24, 2.45) is 0 Å². The van der Waals surface area contributed by atoms with Crippen molar-refractivity contribution in [3.05, 3.63) is 91.0 Å². The quantitative estimate of drug-likeness (QED) is 0.408. The van der Waals surface area contributed by atoms with Crippen molar-refractivity contribution in [1.29, 1.82) is 0 Å². The molecular formula is C20H20O6S3. The van der Waals surface area contributed by atoms with E-state index in [1.54, 1.807) is 0 Å². The first-order chi connectivity index (χ1) is 13.8. The lowest BCUT2D eigenvalue weighted by Crippen LogP contribution is -2.21. The maximum Gasteiger partial charge on any atom is 0.399 e. The second-order valence-corrected chi connectivity index (χ2v) is 13.7. The highest BCUT2D eigenvalue weighted by Crippen LogP contribution is 2.67. The van der Waals surface area contributed by atoms with Gasteiger partial charge in [-0.15, -0.1) is 0 Å². The van der Waals surface area contributed by atoms with Crippen LogP contribution in [-0.2, 0) is 22.5 Å². The van der Waals surface area contributed by atoms with Crippen molar-refractivity contribution in [2.75, 3.05) is 12.4 Å². The molecule has 154 valence electrons. The van der Waals surface area contributed by atoms with Gasteiger partial charge in [0.15, 0.2) is 0 Å². The average Bonchev–Trinajstić information content (AvgIpc) is 2.72. The minimum absolute atomic E-state index is 0.208. The maximum atomic E-state index is 11.7. The Morgan fingerprint density at radius 3 is 1.28 bits per heavy atom. The smallest absolute Gasteiger partial charge is 0.272 e. The number of benzene rings is 3. The first kappa shape index (κ1) is 21.5. The number of rotatable bonds is 8. The van der Waals surface area contributed by atoms with E-state index in [1.807, 2.05) is 91.0 Å². The van der Waals surface area contributed by atoms with Crippen LogP contribution in [0.25, 0.3) is 0 Å². The zero-order chi connectivity index (χ0) is 21.0. The Morgan fingerprint density at radius 2 is 0.966 bits per heavy atom. The Morgan fingerprint density at radius 1 is 0.621 bits per heavy atom. The van der Waals surface area contributed by atoms with Gasteiger partial charge in [-0.1, -0.05) is 54.6 Å². The largest absolute Gasteiger partial charge is 0.399 e. The molecule has 0 spiro atoms. The Hall–Kier alpha value is -2.17. The van der Waals surface area contributed by atoms with Crippen molar-refractivity contribution in [3.8, 4) is 0 Å². The molecule has 3 aromatic rings. The van der Waals surface area contributed by atoms with Gasteiger partial charge in [-0.2, -0.15) is 26.9 Å². The summed E-state index contributed by atoms with van der Waals surface area (Å²) < 4.78 is 59.1. The van der Waals surface area contributed by atoms with Gasteiger partial charge in [-0.05, 0) is 51.1 Å². The van der Waals surface area contributed by atoms with E-state index in [9.17, 15) is 16.8 Å². The molecule has 0 atom stereocenters. The van der Waals surface area contributed by atoms with Crippen LogP contribution in [0, 0.1) is 0 Å². The first-order valence-corrected chi connectivity index (χ1v) is 13.8. The summed E-state index contributed by atoms with van der Waals surface area (Å²) >= 11 is 0. The minimum atomic E-state index is -5.35. The predicted octanol–water partition coefficient (Wildman–Crippen LogP) is 4.12. The Labute approximate surface area is 171 Å². The lowest BCUT2D eigenvalue weighted by molar-refractivity contribution is 0.345. The van der Waals surface area contributed by atoms with E-state index in [-0.39, 0.29) is 5.75 Å². The van der Waals surface area contributed by atoms with Gasteiger partial charge in [0.1, 0.15) is 0 Å². The summed E-state index contributed by atoms with van der Waals surface area (Å²) in [4.78, 5) is 2.93. The van der Waals surface area contributed by atoms with Crippen LogP contribution in [0.2, 0.25) is 0 Å². The molecule has 0 heterocycles. The van der Waals surface area contributed by atoms with Crippen LogP contribution in [0.1, 0.15) is 0 Å². The summed E-state index contributed by atoms with van der Waals surface area (Å²) in [6, 6.07) is 28.9. The van der Waals surface area contributed by atoms with Gasteiger partial charge in [-0.25, -0.2) is 0 Å². The summed E-state index contributed by atoms with van der Waals surface area (Å²) in [5.41, 5.74) is 0. The molecule has 3 rings (SSSR count). The second-order valence-electron chi connectivity index (χ2n) is 6.04. The molecule has 0 fully saturated rings. The molecular weight excluding hydrogens is 432 g/mol. The number of hydrogen-bond donors (Lipinski definition) is 1. The van der Waals surface area contributed by atoms with Gasteiger partial charge in [0, 0.05) is 5.75 Å². The third-order valence-corrected chi connectivity index (χ3v) is 11.1. The zero-order valence-corrected chi connectivity index (χ0v) is 17.7. The topological polar surface area (TPSA) is 97.7 Å². The van der Waals surface area contributed by atoms with Crippen LogP contribution < -0.4 is 0 Å². The summed E-state index contributed by atoms with van der Waals surface area (Å²) in [6.07, 6.45) is 0. The average molecular weight is 453 g/mol. The van der Waals surface area contributed by atoms with Gasteiger partial charge in [0.05, 0.1) is 6.61 Å². The highest BCUT2D eigenvalue weighted by Gasteiger charge is 2.33. The third-order valence-electron chi connectivity index (χ3n) is 4.31. The molecule has 9 heteroatoms. The number of hydrogen-bond acceptors (Lipinski definition) is 5. The standard InChI is InChI=1S/C20H20O6S3/c21-28(22,23)29(24,25)26-16-17-27(18-10-4-1-5-11-18,19-12-6-2-7-13-19)20-14-8-3-9-15-20/h1-15H,16-17H2,(H,21,22,23). The first-order valence-electron chi connectivity index (χ1n) is 8.60. The summed E-state index contributed by atoms with van der Waals surface area (Å²) in [5.74, 6) is 0.208. The Balaban J connectivity index is 2.13. The lowest BCUT2D eigenvalue weighted by atomic mass is 10.4. The van der Waals surface area contributed by atoms with Crippen LogP contribution in [0.15, 0.2) is 106 Å². The molecule has 0 saturated carbocycles. The molecule has 6 nitrogen and oxygen atoms in total. The van der Waals surface area contributed by atoms with Crippen LogP contribution in [-0.4, -0.2) is 33.7 Å². The normalized spacial score (nSPS) is 13.1. The van der Waals surface area contributed by atoms with Crippen LogP contribution in [0.3, 0.4) is 0 Å². The van der Waals surface area contributed by atoms with Crippen molar-refractivity contribution in [2.45, 2.75) is 14.7 Å². The highest BCUT2D eigenvalue weighted by atomic mass is 33.2. The molecule has 3 aromatic carbocycles. The van der Waals surface area contributed by atoms with E-state index >= 15 is 0 Å². The SMILES string of the molecule is O=S(=O)(O)S(=O)(=O)OCCS(c1ccccc1)(c1ccccc1)c1ccccc1. The molecule has 0 unspecified atom stereocenters. The molecule has 0 aliphatic carbocycles. The summed E-state index contributed by atoms with van der Waals surface area (Å²) in [6.45, 7) is -0.407. The van der Waals surface area contributed by atoms with Crippen molar-refractivity contribution in [3.63, 3.8) is 0 Å². The maximum absolute atomic E-state index is 11.7. The molecule has 0 saturated heterocycles. The Bertz CT molecular complexity index is 1050. The van der Waals surface area contributed by atoms with Crippen LogP contribution >= 0.6 is 10.0 Å². The van der Waals surface area contributed by atoms with Crippen LogP contribution in [0.4, 0.5) is 0 Å². The predicted molar refractivity (Wildman–Crippen MR) is 113 cm³/mol. The molecule has 0 amide bonds. The van der Waals surface area contributed by atoms with Gasteiger partial charge >= 0.3 is 18.3 Å². The van der Waals surface area contributed by atoms with Crippen LogP contribution in [0.5, 0.6) is 0 Å². The van der Waals surface area contributed by atoms with Gasteiger partial charge in [0.25, 0.3) is 0 Å². The van der Waals surface area contributed by atoms with E-state index in [1.165, 1.54) is 0 Å². The highest BCUT2D eigenvalue weighted by molar-refractivity contribution is 8.63. The zero-order valence-electron chi connectivity index (χ0n) is 15.3. The molecule has 1 N–H and O–H groups in total. The van der Waals surface area contributed by atoms with Crippen molar-refractivity contribution in [1.82, 2.24) is 0 Å². The molecule has 0 radical (unpaired) electrons. The Kier molecular flexibility index (Phi) is 6.45. The van der Waals surface area contributed by atoms with Gasteiger partial charge in [-0.3, -0.25) is 8.74 Å². The third kappa shape index (κ3) is 4.54. The fraction of sp³-hybridized carbons (Fsp3) is 0.100. The second kappa shape index (κ2) is 8.68. The van der Waals surface area contributed by atoms with Crippen molar-refractivity contribution < 1.29 is 25.6 Å². The van der Waals surface area contributed by atoms with Crippen molar-refractivity contribution >= 4 is 28.3 Å². The minimum Gasteiger partial charge on any atom is -0.272 e. The van der Waals surface area contributed by atoms with E-state index in [0.717, 1.165) is 14.7 Å². The van der Waals surface area contributed by atoms with E-state index in [0.29, 0.717) is 0 Å². The fourth-order valence-electron chi connectivity index (χ4n) is 3.04. The van der Waals surface area contributed by atoms with E-state index in [4.69, 9.17) is 4.55 Å². The van der Waals surface area contributed by atoms with Gasteiger partial charge < -0.3 is 0 Å². The lowest BCUT2D eigenvalue weighted by Gasteiger charge is -2.41. The molecule has 0 aliphatic rings. The van der Waals surface area contributed by atoms with Gasteiger partial charge in [0.2, 0.25) is 0 Å². The molecule has 0 aliphatic heterocycles. The monoisotopic (exact) mass is 452 g/mol. The summed E-state index contributed by atoms with van der Waals surface area (Å²) in [7, 11) is -12.4.